The number of nitrogens with zero attached hydrogens (tertiary/aromatic N) is 2. The van der Waals surface area contributed by atoms with Gasteiger partial charge in [-0.2, -0.15) is 4.98 Å². The lowest BCUT2D eigenvalue weighted by atomic mass is 10.1. The van der Waals surface area contributed by atoms with Crippen LogP contribution in [0, 0.1) is 0 Å². The monoisotopic (exact) mass is 399 g/mol. The number of methoxy groups -OCH3 is 3. The van der Waals surface area contributed by atoms with Crippen molar-refractivity contribution < 1.29 is 28.3 Å². The summed E-state index contributed by atoms with van der Waals surface area (Å²) in [7, 11) is 4.57. The molecule has 0 atom stereocenters. The molecule has 0 saturated carbocycles. The Morgan fingerprint density at radius 2 is 1.72 bits per heavy atom. The Bertz CT molecular complexity index is 933. The second-order valence-electron chi connectivity index (χ2n) is 5.80. The summed E-state index contributed by atoms with van der Waals surface area (Å²) in [6, 6.07) is 12.5. The van der Waals surface area contributed by atoms with Crippen LogP contribution in [0.3, 0.4) is 0 Å². The first-order valence-electron chi connectivity index (χ1n) is 8.72. The smallest absolute Gasteiger partial charge is 0.258 e. The maximum atomic E-state index is 11.9. The van der Waals surface area contributed by atoms with Gasteiger partial charge in [0.1, 0.15) is 5.75 Å². The predicted octanol–water partition coefficient (Wildman–Crippen LogP) is 2.46. The van der Waals surface area contributed by atoms with Gasteiger partial charge in [-0.05, 0) is 24.3 Å². The van der Waals surface area contributed by atoms with Crippen molar-refractivity contribution in [2.75, 3.05) is 27.9 Å². The number of hydrogen-bond acceptors (Lipinski definition) is 8. The molecule has 0 spiro atoms. The Balaban J connectivity index is 1.62. The van der Waals surface area contributed by atoms with Gasteiger partial charge < -0.3 is 28.8 Å². The van der Waals surface area contributed by atoms with Crippen LogP contribution in [0.4, 0.5) is 0 Å². The minimum absolute atomic E-state index is 0.0778. The molecular weight excluding hydrogens is 378 g/mol. The molecule has 3 aromatic rings. The molecule has 152 valence electrons. The quantitative estimate of drug-likeness (QED) is 0.585. The van der Waals surface area contributed by atoms with Gasteiger partial charge >= 0.3 is 0 Å². The third kappa shape index (κ3) is 4.95. The number of amides is 1. The zero-order valence-electron chi connectivity index (χ0n) is 16.3. The maximum Gasteiger partial charge on any atom is 0.258 e. The van der Waals surface area contributed by atoms with Crippen LogP contribution in [0.2, 0.25) is 0 Å². The standard InChI is InChI=1S/C20H21N3O6/c1-25-15-9-13(10-16(26-2)19(15)27-3)20-22-18(29-23-20)11-21-17(24)12-28-14-7-5-4-6-8-14/h4-10H,11-12H2,1-3H3,(H,21,24). The molecule has 1 amide bonds. The fraction of sp³-hybridized carbons (Fsp3) is 0.250. The molecule has 9 nitrogen and oxygen atoms in total. The highest BCUT2D eigenvalue weighted by Gasteiger charge is 2.17. The lowest BCUT2D eigenvalue weighted by Crippen LogP contribution is -2.28. The van der Waals surface area contributed by atoms with E-state index in [9.17, 15) is 4.79 Å². The number of ether oxygens (including phenoxy) is 4. The zero-order chi connectivity index (χ0) is 20.6. The molecule has 0 fully saturated rings. The summed E-state index contributed by atoms with van der Waals surface area (Å²) in [5.74, 6) is 2.30. The average Bonchev–Trinajstić information content (AvgIpc) is 3.25. The van der Waals surface area contributed by atoms with Crippen LogP contribution < -0.4 is 24.3 Å². The first-order chi connectivity index (χ1) is 14.1. The molecule has 0 radical (unpaired) electrons. The minimum atomic E-state index is -0.304. The van der Waals surface area contributed by atoms with E-state index >= 15 is 0 Å². The molecule has 0 unspecified atom stereocenters. The summed E-state index contributed by atoms with van der Waals surface area (Å²) in [6.45, 7) is -0.0354. The SMILES string of the molecule is COc1cc(-c2noc(CNC(=O)COc3ccccc3)n2)cc(OC)c1OC. The van der Waals surface area contributed by atoms with Crippen molar-refractivity contribution in [3.63, 3.8) is 0 Å². The van der Waals surface area contributed by atoms with Crippen molar-refractivity contribution in [3.8, 4) is 34.4 Å². The average molecular weight is 399 g/mol. The highest BCUT2D eigenvalue weighted by Crippen LogP contribution is 2.40. The van der Waals surface area contributed by atoms with Crippen LogP contribution in [0.25, 0.3) is 11.4 Å². The summed E-state index contributed by atoms with van der Waals surface area (Å²) < 4.78 is 26.5. The number of nitrogens with one attached hydrogen (secondary N) is 1. The normalized spacial score (nSPS) is 10.3. The van der Waals surface area contributed by atoms with E-state index in [1.807, 2.05) is 18.2 Å². The highest BCUT2D eigenvalue weighted by atomic mass is 16.5. The van der Waals surface area contributed by atoms with E-state index in [1.54, 1.807) is 24.3 Å². The van der Waals surface area contributed by atoms with Gasteiger partial charge in [-0.25, -0.2) is 0 Å². The van der Waals surface area contributed by atoms with Gasteiger partial charge in [-0.1, -0.05) is 23.4 Å². The van der Waals surface area contributed by atoms with Crippen LogP contribution in [-0.2, 0) is 11.3 Å². The van der Waals surface area contributed by atoms with Crippen LogP contribution in [-0.4, -0.2) is 44.0 Å². The molecule has 0 aliphatic rings. The largest absolute Gasteiger partial charge is 0.493 e. The number of carbonyl (C=O) groups is 1. The predicted molar refractivity (Wildman–Crippen MR) is 103 cm³/mol. The van der Waals surface area contributed by atoms with Crippen molar-refractivity contribution in [2.24, 2.45) is 0 Å². The Hall–Kier alpha value is -3.75. The second-order valence-corrected chi connectivity index (χ2v) is 5.80. The number of aromatic nitrogens is 2. The number of rotatable bonds is 9. The third-order valence-corrected chi connectivity index (χ3v) is 3.94. The molecule has 0 aliphatic heterocycles. The molecule has 2 aromatic carbocycles. The number of carbonyl (C=O) groups excluding carboxylic acids is 1. The van der Waals surface area contributed by atoms with Gasteiger partial charge in [0.05, 0.1) is 27.9 Å². The van der Waals surface area contributed by atoms with Crippen molar-refractivity contribution in [1.82, 2.24) is 15.5 Å². The molecule has 1 N–H and O–H groups in total. The topological polar surface area (TPSA) is 105 Å². The summed E-state index contributed by atoms with van der Waals surface area (Å²) in [6.07, 6.45) is 0. The molecule has 1 aromatic heterocycles. The second kappa shape index (κ2) is 9.45. The van der Waals surface area contributed by atoms with E-state index in [0.29, 0.717) is 34.4 Å². The number of hydrogen-bond donors (Lipinski definition) is 1. The van der Waals surface area contributed by atoms with Crippen LogP contribution >= 0.6 is 0 Å². The molecule has 9 heteroatoms. The van der Waals surface area contributed by atoms with Crippen LogP contribution in [0.1, 0.15) is 5.89 Å². The van der Waals surface area contributed by atoms with E-state index in [1.165, 1.54) is 21.3 Å². The van der Waals surface area contributed by atoms with E-state index in [-0.39, 0.29) is 24.9 Å². The summed E-state index contributed by atoms with van der Waals surface area (Å²) in [5, 5.41) is 6.61. The molecule has 3 rings (SSSR count). The Morgan fingerprint density at radius 3 is 2.34 bits per heavy atom. The summed E-state index contributed by atoms with van der Waals surface area (Å²) >= 11 is 0. The molecule has 1 heterocycles. The first kappa shape index (κ1) is 20.0. The van der Waals surface area contributed by atoms with Crippen molar-refractivity contribution >= 4 is 5.91 Å². The Morgan fingerprint density at radius 1 is 1.03 bits per heavy atom. The third-order valence-electron chi connectivity index (χ3n) is 3.94. The van der Waals surface area contributed by atoms with Crippen molar-refractivity contribution in [2.45, 2.75) is 6.54 Å². The van der Waals surface area contributed by atoms with E-state index in [0.717, 1.165) is 0 Å². The molecular formula is C20H21N3O6. The van der Waals surface area contributed by atoms with Gasteiger partial charge in [0.2, 0.25) is 17.5 Å². The van der Waals surface area contributed by atoms with Crippen molar-refractivity contribution in [3.05, 3.63) is 48.4 Å². The molecule has 0 aliphatic carbocycles. The Labute approximate surface area is 167 Å². The lowest BCUT2D eigenvalue weighted by molar-refractivity contribution is -0.123. The summed E-state index contributed by atoms with van der Waals surface area (Å²) in [5.41, 5.74) is 0.619. The van der Waals surface area contributed by atoms with Gasteiger partial charge in [-0.15, -0.1) is 0 Å². The first-order valence-corrected chi connectivity index (χ1v) is 8.72. The zero-order valence-corrected chi connectivity index (χ0v) is 16.3. The Kier molecular flexibility index (Phi) is 6.51. The summed E-state index contributed by atoms with van der Waals surface area (Å²) in [4.78, 5) is 16.2. The van der Waals surface area contributed by atoms with Gasteiger partial charge in [0.15, 0.2) is 18.1 Å². The van der Waals surface area contributed by atoms with E-state index in [2.05, 4.69) is 15.5 Å². The van der Waals surface area contributed by atoms with Gasteiger partial charge in [0.25, 0.3) is 5.91 Å². The molecule has 0 bridgehead atoms. The van der Waals surface area contributed by atoms with Crippen molar-refractivity contribution in [1.29, 1.82) is 0 Å². The van der Waals surface area contributed by atoms with Gasteiger partial charge in [-0.3, -0.25) is 4.79 Å². The van der Waals surface area contributed by atoms with E-state index in [4.69, 9.17) is 23.5 Å². The highest BCUT2D eigenvalue weighted by molar-refractivity contribution is 5.77. The van der Waals surface area contributed by atoms with Crippen LogP contribution in [0.5, 0.6) is 23.0 Å². The maximum absolute atomic E-state index is 11.9. The minimum Gasteiger partial charge on any atom is -0.493 e. The fourth-order valence-corrected chi connectivity index (χ4v) is 2.54. The van der Waals surface area contributed by atoms with Gasteiger partial charge in [0, 0.05) is 5.56 Å². The van der Waals surface area contributed by atoms with Crippen LogP contribution in [0.15, 0.2) is 47.0 Å². The lowest BCUT2D eigenvalue weighted by Gasteiger charge is -2.12. The number of para-hydroxylation sites is 1. The van der Waals surface area contributed by atoms with E-state index < -0.39 is 0 Å². The molecule has 0 saturated heterocycles. The fourth-order valence-electron chi connectivity index (χ4n) is 2.54. The molecule has 29 heavy (non-hydrogen) atoms. The number of benzene rings is 2.